The number of methoxy groups -OCH3 is 1. The number of hydrogen-bond donors (Lipinski definition) is 2. The lowest BCUT2D eigenvalue weighted by Gasteiger charge is -2.14. The van der Waals surface area contributed by atoms with Crippen LogP contribution in [0.4, 0.5) is 5.69 Å². The van der Waals surface area contributed by atoms with Crippen molar-refractivity contribution in [2.24, 2.45) is 0 Å². The van der Waals surface area contributed by atoms with Gasteiger partial charge in [0.05, 0.1) is 12.0 Å². The van der Waals surface area contributed by atoms with Gasteiger partial charge in [-0.05, 0) is 36.4 Å². The first-order chi connectivity index (χ1) is 14.3. The molecule has 0 aliphatic heterocycles. The second kappa shape index (κ2) is 11.0. The van der Waals surface area contributed by atoms with Gasteiger partial charge >= 0.3 is 5.97 Å². The Labute approximate surface area is 175 Å². The summed E-state index contributed by atoms with van der Waals surface area (Å²) in [6, 6.07) is 13.4. The number of anilines is 1. The van der Waals surface area contributed by atoms with E-state index in [1.54, 1.807) is 12.1 Å². The third kappa shape index (κ3) is 7.24. The van der Waals surface area contributed by atoms with E-state index in [-0.39, 0.29) is 23.8 Å². The summed E-state index contributed by atoms with van der Waals surface area (Å²) >= 11 is 0. The molecular weight excluding hydrogens is 408 g/mol. The number of esters is 1. The SMILES string of the molecule is COC(=O)C(CC#CCOc1ccccc1)NS(=O)(=O)c1ccc(NC(C)=O)cc1. The summed E-state index contributed by atoms with van der Waals surface area (Å²) in [4.78, 5) is 23.0. The average Bonchev–Trinajstić information content (AvgIpc) is 2.72. The van der Waals surface area contributed by atoms with E-state index in [2.05, 4.69) is 26.6 Å². The lowest BCUT2D eigenvalue weighted by Crippen LogP contribution is -2.41. The lowest BCUT2D eigenvalue weighted by atomic mass is 10.2. The molecule has 2 aromatic rings. The summed E-state index contributed by atoms with van der Waals surface area (Å²) in [5.74, 6) is 5.09. The standard InChI is InChI=1S/C21H22N2O6S/c1-16(24)22-17-11-13-19(14-12-17)30(26,27)23-20(21(25)28-2)10-6-7-15-29-18-8-4-3-5-9-18/h3-5,8-9,11-14,20,23H,10,15H2,1-2H3,(H,22,24). The molecule has 2 N–H and O–H groups in total. The quantitative estimate of drug-likeness (QED) is 0.489. The second-order valence-electron chi connectivity index (χ2n) is 6.06. The Kier molecular flexibility index (Phi) is 8.41. The Balaban J connectivity index is 2.02. The van der Waals surface area contributed by atoms with Gasteiger partial charge in [-0.3, -0.25) is 9.59 Å². The molecule has 158 valence electrons. The van der Waals surface area contributed by atoms with Crippen LogP contribution in [0.3, 0.4) is 0 Å². The van der Waals surface area contributed by atoms with Gasteiger partial charge in [-0.15, -0.1) is 0 Å². The summed E-state index contributed by atoms with van der Waals surface area (Å²) < 4.78 is 37.6. The third-order valence-corrected chi connectivity index (χ3v) is 5.24. The molecule has 0 fully saturated rings. The molecule has 2 aromatic carbocycles. The van der Waals surface area contributed by atoms with E-state index >= 15 is 0 Å². The molecule has 0 saturated carbocycles. The van der Waals surface area contributed by atoms with E-state index in [1.807, 2.05) is 18.2 Å². The van der Waals surface area contributed by atoms with E-state index in [1.165, 1.54) is 31.2 Å². The molecule has 0 radical (unpaired) electrons. The van der Waals surface area contributed by atoms with E-state index < -0.39 is 22.0 Å². The maximum atomic E-state index is 12.6. The maximum absolute atomic E-state index is 12.6. The van der Waals surface area contributed by atoms with Crippen molar-refractivity contribution in [2.45, 2.75) is 24.3 Å². The minimum absolute atomic E-state index is 0.0640. The molecule has 1 unspecified atom stereocenters. The lowest BCUT2D eigenvalue weighted by molar-refractivity contribution is -0.142. The van der Waals surface area contributed by atoms with Gasteiger partial charge in [0.25, 0.3) is 0 Å². The minimum Gasteiger partial charge on any atom is -0.481 e. The molecule has 0 aliphatic rings. The highest BCUT2D eigenvalue weighted by Gasteiger charge is 2.25. The first kappa shape index (κ1) is 22.9. The Hall–Kier alpha value is -3.35. The zero-order valence-corrected chi connectivity index (χ0v) is 17.4. The molecule has 8 nitrogen and oxygen atoms in total. The number of carbonyl (C=O) groups excluding carboxylic acids is 2. The Morgan fingerprint density at radius 1 is 1.03 bits per heavy atom. The van der Waals surface area contributed by atoms with Crippen LogP contribution in [-0.2, 0) is 24.3 Å². The zero-order valence-electron chi connectivity index (χ0n) is 16.5. The molecular formula is C21H22N2O6S. The van der Waals surface area contributed by atoms with Crippen molar-refractivity contribution in [2.75, 3.05) is 19.0 Å². The van der Waals surface area contributed by atoms with Crippen LogP contribution >= 0.6 is 0 Å². The number of amides is 1. The van der Waals surface area contributed by atoms with Crippen LogP contribution in [0.25, 0.3) is 0 Å². The summed E-state index contributed by atoms with van der Waals surface area (Å²) in [6.45, 7) is 1.44. The highest BCUT2D eigenvalue weighted by atomic mass is 32.2. The molecule has 2 rings (SSSR count). The molecule has 0 bridgehead atoms. The van der Waals surface area contributed by atoms with Crippen LogP contribution in [0.15, 0.2) is 59.5 Å². The van der Waals surface area contributed by atoms with Crippen LogP contribution in [0.1, 0.15) is 13.3 Å². The van der Waals surface area contributed by atoms with E-state index in [4.69, 9.17) is 4.74 Å². The van der Waals surface area contributed by atoms with Gasteiger partial charge in [-0.2, -0.15) is 4.72 Å². The van der Waals surface area contributed by atoms with E-state index in [0.717, 1.165) is 7.11 Å². The average molecular weight is 430 g/mol. The van der Waals surface area contributed by atoms with Gasteiger partial charge in [0.1, 0.15) is 18.4 Å². The van der Waals surface area contributed by atoms with Crippen molar-refractivity contribution in [1.82, 2.24) is 4.72 Å². The predicted octanol–water partition coefficient (Wildman–Crippen LogP) is 1.94. The van der Waals surface area contributed by atoms with Gasteiger partial charge in [0.15, 0.2) is 0 Å². The fourth-order valence-electron chi connectivity index (χ4n) is 2.35. The van der Waals surface area contributed by atoms with E-state index in [0.29, 0.717) is 11.4 Å². The van der Waals surface area contributed by atoms with Gasteiger partial charge in [-0.1, -0.05) is 30.0 Å². The fourth-order valence-corrected chi connectivity index (χ4v) is 3.54. The van der Waals surface area contributed by atoms with Crippen LogP contribution in [0, 0.1) is 11.8 Å². The van der Waals surface area contributed by atoms with Crippen molar-refractivity contribution in [1.29, 1.82) is 0 Å². The smallest absolute Gasteiger partial charge is 0.324 e. The highest BCUT2D eigenvalue weighted by molar-refractivity contribution is 7.89. The monoisotopic (exact) mass is 430 g/mol. The summed E-state index contributed by atoms with van der Waals surface area (Å²) in [5.41, 5.74) is 0.454. The maximum Gasteiger partial charge on any atom is 0.324 e. The first-order valence-electron chi connectivity index (χ1n) is 8.93. The Morgan fingerprint density at radius 2 is 1.70 bits per heavy atom. The molecule has 0 aliphatic carbocycles. The number of ether oxygens (including phenoxy) is 2. The topological polar surface area (TPSA) is 111 Å². The van der Waals surface area contributed by atoms with Crippen LogP contribution in [0.5, 0.6) is 5.75 Å². The first-order valence-corrected chi connectivity index (χ1v) is 10.4. The van der Waals surface area contributed by atoms with Gasteiger partial charge < -0.3 is 14.8 Å². The van der Waals surface area contributed by atoms with Crippen molar-refractivity contribution >= 4 is 27.6 Å². The van der Waals surface area contributed by atoms with E-state index in [9.17, 15) is 18.0 Å². The van der Waals surface area contributed by atoms with Crippen molar-refractivity contribution in [3.05, 3.63) is 54.6 Å². The van der Waals surface area contributed by atoms with Crippen LogP contribution < -0.4 is 14.8 Å². The van der Waals surface area contributed by atoms with Crippen LogP contribution in [-0.4, -0.2) is 40.1 Å². The van der Waals surface area contributed by atoms with Crippen LogP contribution in [0.2, 0.25) is 0 Å². The van der Waals surface area contributed by atoms with Gasteiger partial charge in [0, 0.05) is 19.0 Å². The third-order valence-electron chi connectivity index (χ3n) is 3.75. The molecule has 0 heterocycles. The second-order valence-corrected chi connectivity index (χ2v) is 7.78. The molecule has 1 atom stereocenters. The summed E-state index contributed by atoms with van der Waals surface area (Å²) in [5, 5.41) is 2.54. The molecule has 30 heavy (non-hydrogen) atoms. The zero-order chi connectivity index (χ0) is 22.0. The predicted molar refractivity (Wildman–Crippen MR) is 111 cm³/mol. The van der Waals surface area contributed by atoms with Gasteiger partial charge in [-0.25, -0.2) is 8.42 Å². The molecule has 0 aromatic heterocycles. The fraction of sp³-hybridized carbons (Fsp3) is 0.238. The number of nitrogens with one attached hydrogen (secondary N) is 2. The van der Waals surface area contributed by atoms with Crippen molar-refractivity contribution in [3.8, 4) is 17.6 Å². The Bertz CT molecular complexity index is 1020. The number of para-hydroxylation sites is 1. The number of sulfonamides is 1. The normalized spacial score (nSPS) is 11.5. The number of carbonyl (C=O) groups is 2. The van der Waals surface area contributed by atoms with Crippen molar-refractivity contribution in [3.63, 3.8) is 0 Å². The largest absolute Gasteiger partial charge is 0.481 e. The highest BCUT2D eigenvalue weighted by Crippen LogP contribution is 2.15. The Morgan fingerprint density at radius 3 is 2.30 bits per heavy atom. The van der Waals surface area contributed by atoms with Gasteiger partial charge in [0.2, 0.25) is 15.9 Å². The summed E-state index contributed by atoms with van der Waals surface area (Å²) in [7, 11) is -2.84. The number of benzene rings is 2. The molecule has 0 saturated heterocycles. The molecule has 9 heteroatoms. The molecule has 1 amide bonds. The number of hydrogen-bond acceptors (Lipinski definition) is 6. The van der Waals surface area contributed by atoms with Crippen molar-refractivity contribution < 1.29 is 27.5 Å². The number of rotatable bonds is 8. The summed E-state index contributed by atoms with van der Waals surface area (Å²) in [6.07, 6.45) is -0.0893. The molecule has 0 spiro atoms. The minimum atomic E-state index is -4.01.